The number of benzene rings is 2. The summed E-state index contributed by atoms with van der Waals surface area (Å²) in [5.74, 6) is -0.369. The fourth-order valence-electron chi connectivity index (χ4n) is 2.55. The van der Waals surface area contributed by atoms with Gasteiger partial charge in [-0.2, -0.15) is 0 Å². The fraction of sp³-hybridized carbons (Fsp3) is 0.158. The van der Waals surface area contributed by atoms with Gasteiger partial charge in [0.15, 0.2) is 6.61 Å². The summed E-state index contributed by atoms with van der Waals surface area (Å²) >= 11 is 6.81. The van der Waals surface area contributed by atoms with Gasteiger partial charge in [-0.15, -0.1) is 0 Å². The smallest absolute Gasteiger partial charge is 0.355 e. The van der Waals surface area contributed by atoms with Crippen molar-refractivity contribution in [2.75, 3.05) is 19.0 Å². The molecule has 1 heterocycles. The van der Waals surface area contributed by atoms with Crippen molar-refractivity contribution in [1.29, 1.82) is 0 Å². The minimum absolute atomic E-state index is 0.267. The van der Waals surface area contributed by atoms with Crippen molar-refractivity contribution in [1.82, 2.24) is 4.98 Å². The number of methoxy groups -OCH3 is 1. The Bertz CT molecular complexity index is 1010. The molecule has 8 heteroatoms. The number of hydrogen-bond donors (Lipinski definition) is 2. The SMILES string of the molecule is COc1ccc2cc(C(=O)OCC(=O)Nc3c(Br)cc(C)cc3Br)[nH]c2c1. The zero-order valence-corrected chi connectivity index (χ0v) is 17.7. The number of carbonyl (C=O) groups is 2. The Morgan fingerprint density at radius 2 is 1.81 bits per heavy atom. The molecule has 0 bridgehead atoms. The van der Waals surface area contributed by atoms with Gasteiger partial charge in [0.05, 0.1) is 12.8 Å². The van der Waals surface area contributed by atoms with Crippen molar-refractivity contribution in [2.24, 2.45) is 0 Å². The highest BCUT2D eigenvalue weighted by atomic mass is 79.9. The summed E-state index contributed by atoms with van der Waals surface area (Å²) in [6.07, 6.45) is 0. The quantitative estimate of drug-likeness (QED) is 0.498. The van der Waals surface area contributed by atoms with Crippen LogP contribution in [0.1, 0.15) is 16.1 Å². The molecule has 27 heavy (non-hydrogen) atoms. The molecule has 0 aliphatic carbocycles. The molecule has 2 aromatic carbocycles. The number of ether oxygens (including phenoxy) is 2. The fourth-order valence-corrected chi connectivity index (χ4v) is 4.16. The second-order valence-corrected chi connectivity index (χ2v) is 7.57. The van der Waals surface area contributed by atoms with Gasteiger partial charge in [-0.25, -0.2) is 4.79 Å². The van der Waals surface area contributed by atoms with Crippen LogP contribution in [0.3, 0.4) is 0 Å². The third-order valence-electron chi connectivity index (χ3n) is 3.83. The molecule has 0 spiro atoms. The van der Waals surface area contributed by atoms with Crippen LogP contribution in [0.5, 0.6) is 5.75 Å². The van der Waals surface area contributed by atoms with Gasteiger partial charge in [-0.3, -0.25) is 4.79 Å². The predicted octanol–water partition coefficient (Wildman–Crippen LogP) is 4.81. The molecule has 0 saturated carbocycles. The maximum absolute atomic E-state index is 12.2. The number of hydrogen-bond acceptors (Lipinski definition) is 4. The first-order chi connectivity index (χ1) is 12.9. The Kier molecular flexibility index (Phi) is 5.86. The van der Waals surface area contributed by atoms with Crippen LogP contribution in [0.15, 0.2) is 45.3 Å². The number of aromatic nitrogens is 1. The highest BCUT2D eigenvalue weighted by molar-refractivity contribution is 9.11. The highest BCUT2D eigenvalue weighted by Crippen LogP contribution is 2.32. The predicted molar refractivity (Wildman–Crippen MR) is 110 cm³/mol. The van der Waals surface area contributed by atoms with E-state index in [1.54, 1.807) is 25.3 Å². The van der Waals surface area contributed by atoms with Crippen LogP contribution in [0.25, 0.3) is 10.9 Å². The molecular formula is C19H16Br2N2O4. The highest BCUT2D eigenvalue weighted by Gasteiger charge is 2.15. The van der Waals surface area contributed by atoms with E-state index < -0.39 is 18.5 Å². The lowest BCUT2D eigenvalue weighted by molar-refractivity contribution is -0.119. The number of nitrogens with one attached hydrogen (secondary N) is 2. The third kappa shape index (κ3) is 4.51. The summed E-state index contributed by atoms with van der Waals surface area (Å²) in [7, 11) is 1.57. The lowest BCUT2D eigenvalue weighted by atomic mass is 10.2. The van der Waals surface area contributed by atoms with E-state index in [9.17, 15) is 9.59 Å². The molecule has 6 nitrogen and oxygen atoms in total. The number of carbonyl (C=O) groups excluding carboxylic acids is 2. The Hall–Kier alpha value is -2.32. The first kappa shape index (κ1) is 19.4. The number of rotatable bonds is 5. The van der Waals surface area contributed by atoms with E-state index in [4.69, 9.17) is 9.47 Å². The van der Waals surface area contributed by atoms with E-state index in [0.29, 0.717) is 11.4 Å². The van der Waals surface area contributed by atoms with Gasteiger partial charge >= 0.3 is 5.97 Å². The van der Waals surface area contributed by atoms with Gasteiger partial charge in [0.25, 0.3) is 5.91 Å². The summed E-state index contributed by atoms with van der Waals surface area (Å²) in [6.45, 7) is 1.54. The zero-order chi connectivity index (χ0) is 19.6. The zero-order valence-electron chi connectivity index (χ0n) is 14.6. The average Bonchev–Trinajstić information content (AvgIpc) is 3.05. The van der Waals surface area contributed by atoms with E-state index in [2.05, 4.69) is 42.2 Å². The Morgan fingerprint density at radius 1 is 1.11 bits per heavy atom. The minimum atomic E-state index is -0.609. The summed E-state index contributed by atoms with van der Waals surface area (Å²) in [4.78, 5) is 27.3. The number of anilines is 1. The van der Waals surface area contributed by atoms with E-state index in [0.717, 1.165) is 25.4 Å². The van der Waals surface area contributed by atoms with Crippen molar-refractivity contribution in [3.05, 3.63) is 56.6 Å². The molecule has 3 rings (SSSR count). The van der Waals surface area contributed by atoms with E-state index >= 15 is 0 Å². The van der Waals surface area contributed by atoms with Crippen LogP contribution >= 0.6 is 31.9 Å². The molecule has 0 atom stereocenters. The largest absolute Gasteiger partial charge is 0.497 e. The average molecular weight is 496 g/mol. The second-order valence-electron chi connectivity index (χ2n) is 5.86. The Labute approximate surface area is 172 Å². The third-order valence-corrected chi connectivity index (χ3v) is 5.09. The molecule has 1 aromatic heterocycles. The monoisotopic (exact) mass is 494 g/mol. The molecular weight excluding hydrogens is 480 g/mol. The van der Waals surface area contributed by atoms with E-state index in [-0.39, 0.29) is 5.69 Å². The van der Waals surface area contributed by atoms with Gasteiger partial charge in [0.2, 0.25) is 0 Å². The lowest BCUT2D eigenvalue weighted by Gasteiger charge is -2.11. The number of aryl methyl sites for hydroxylation is 1. The Balaban J connectivity index is 1.64. The summed E-state index contributed by atoms with van der Waals surface area (Å²) < 4.78 is 11.7. The number of amides is 1. The second kappa shape index (κ2) is 8.14. The topological polar surface area (TPSA) is 80.4 Å². The molecule has 0 aliphatic heterocycles. The van der Waals surface area contributed by atoms with Crippen LogP contribution in [0.2, 0.25) is 0 Å². The van der Waals surface area contributed by atoms with Crippen molar-refractivity contribution in [3.63, 3.8) is 0 Å². The van der Waals surface area contributed by atoms with Crippen molar-refractivity contribution >= 4 is 60.3 Å². The van der Waals surface area contributed by atoms with Crippen molar-refractivity contribution in [3.8, 4) is 5.75 Å². The summed E-state index contributed by atoms with van der Waals surface area (Å²) in [5.41, 5.74) is 2.63. The number of H-pyrrole nitrogens is 1. The molecule has 140 valence electrons. The molecule has 0 fully saturated rings. The van der Waals surface area contributed by atoms with Gasteiger partial charge in [0, 0.05) is 25.9 Å². The standard InChI is InChI=1S/C19H16Br2N2O4/c1-10-5-13(20)18(14(21)6-10)23-17(24)9-27-19(25)16-7-11-3-4-12(26-2)8-15(11)22-16/h3-8,22H,9H2,1-2H3,(H,23,24). The van der Waals surface area contributed by atoms with Crippen LogP contribution in [0.4, 0.5) is 5.69 Å². The molecule has 3 aromatic rings. The van der Waals surface area contributed by atoms with E-state index in [1.165, 1.54) is 0 Å². The number of fused-ring (bicyclic) bond motifs is 1. The Morgan fingerprint density at radius 3 is 2.48 bits per heavy atom. The lowest BCUT2D eigenvalue weighted by Crippen LogP contribution is -2.21. The maximum atomic E-state index is 12.2. The first-order valence-electron chi connectivity index (χ1n) is 7.97. The van der Waals surface area contributed by atoms with Gasteiger partial charge in [-0.1, -0.05) is 0 Å². The van der Waals surface area contributed by atoms with E-state index in [1.807, 2.05) is 25.1 Å². The van der Waals surface area contributed by atoms with Crippen molar-refractivity contribution in [2.45, 2.75) is 6.92 Å². The molecule has 1 amide bonds. The van der Waals surface area contributed by atoms with Gasteiger partial charge in [0.1, 0.15) is 11.4 Å². The van der Waals surface area contributed by atoms with Gasteiger partial charge in [-0.05, 0) is 74.7 Å². The van der Waals surface area contributed by atoms with Crippen LogP contribution in [-0.2, 0) is 9.53 Å². The summed E-state index contributed by atoms with van der Waals surface area (Å²) in [6, 6.07) is 10.8. The minimum Gasteiger partial charge on any atom is -0.497 e. The molecule has 0 radical (unpaired) electrons. The molecule has 0 unspecified atom stereocenters. The maximum Gasteiger partial charge on any atom is 0.355 e. The van der Waals surface area contributed by atoms with Crippen LogP contribution in [0, 0.1) is 6.92 Å². The van der Waals surface area contributed by atoms with Crippen LogP contribution in [-0.4, -0.2) is 30.6 Å². The van der Waals surface area contributed by atoms with Crippen molar-refractivity contribution < 1.29 is 19.1 Å². The molecule has 0 aliphatic rings. The number of halogens is 2. The number of esters is 1. The summed E-state index contributed by atoms with van der Waals surface area (Å²) in [5, 5.41) is 3.56. The molecule has 2 N–H and O–H groups in total. The number of aromatic amines is 1. The first-order valence-corrected chi connectivity index (χ1v) is 9.55. The van der Waals surface area contributed by atoms with Crippen LogP contribution < -0.4 is 10.1 Å². The normalized spacial score (nSPS) is 10.7. The van der Waals surface area contributed by atoms with Gasteiger partial charge < -0.3 is 19.8 Å². The molecule has 0 saturated heterocycles.